The fourth-order valence-corrected chi connectivity index (χ4v) is 11.6. The molecule has 0 saturated carbocycles. The monoisotopic (exact) mass is 722 g/mol. The van der Waals surface area contributed by atoms with Gasteiger partial charge in [0.1, 0.15) is 0 Å². The molecule has 0 saturated heterocycles. The maximum absolute atomic E-state index is 2.47. The van der Waals surface area contributed by atoms with Crippen LogP contribution in [-0.4, -0.2) is 0 Å². The van der Waals surface area contributed by atoms with Gasteiger partial charge < -0.3 is 24.8 Å². The molecular formula is C44H34Cl2Zr. The van der Waals surface area contributed by atoms with Crippen LogP contribution in [0.15, 0.2) is 133 Å². The van der Waals surface area contributed by atoms with Crippen LogP contribution in [-0.2, 0) is 23.2 Å². The topological polar surface area (TPSA) is 0 Å². The van der Waals surface area contributed by atoms with Crippen molar-refractivity contribution in [2.45, 2.75) is 26.7 Å². The van der Waals surface area contributed by atoms with Crippen molar-refractivity contribution in [1.82, 2.24) is 0 Å². The van der Waals surface area contributed by atoms with E-state index in [9.17, 15) is 0 Å². The largest absolute Gasteiger partial charge is 1.00 e. The molecule has 0 atom stereocenters. The van der Waals surface area contributed by atoms with Gasteiger partial charge >= 0.3 is 279 Å². The van der Waals surface area contributed by atoms with E-state index in [0.717, 1.165) is 12.8 Å². The van der Waals surface area contributed by atoms with Gasteiger partial charge in [-0.2, -0.15) is 0 Å². The zero-order valence-corrected chi connectivity index (χ0v) is 30.5. The molecule has 0 radical (unpaired) electrons. The summed E-state index contributed by atoms with van der Waals surface area (Å²) in [6.07, 6.45) is 6.95. The third-order valence-electron chi connectivity index (χ3n) is 9.20. The van der Waals surface area contributed by atoms with Crippen molar-refractivity contribution >= 4 is 18.7 Å². The van der Waals surface area contributed by atoms with Crippen LogP contribution in [0.5, 0.6) is 0 Å². The van der Waals surface area contributed by atoms with E-state index in [0.29, 0.717) is 0 Å². The molecule has 6 aromatic carbocycles. The SMILES string of the molecule is CCC=c1c(-c2ccccc2)ccc2c1=[C]([Zr+2][C]1=c3c(ccc(-c4ccccc4)c3=CCC)-c3ccccc31)c1ccccc1-2.[Cl-].[Cl-]. The Morgan fingerprint density at radius 2 is 0.723 bits per heavy atom. The van der Waals surface area contributed by atoms with Gasteiger partial charge in [-0.1, -0.05) is 0 Å². The Labute approximate surface area is 301 Å². The molecule has 0 N–H and O–H groups in total. The fraction of sp³-hybridized carbons (Fsp3) is 0.0909. The van der Waals surface area contributed by atoms with Crippen molar-refractivity contribution in [2.75, 3.05) is 0 Å². The van der Waals surface area contributed by atoms with E-state index < -0.39 is 23.2 Å². The van der Waals surface area contributed by atoms with Crippen LogP contribution in [0, 0.1) is 0 Å². The average Bonchev–Trinajstić information content (AvgIpc) is 3.59. The predicted octanol–water partition coefficient (Wildman–Crippen LogP) is 2.47. The standard InChI is InChI=1S/2C22H17.2ClH.Zr/c2*1-2-8-20-19(16-9-4-3-5-10-16)13-14-21-18-12-7-6-11-17(18)15-22(20)21;;;/h2*3-14H,2H2,1H3;2*1H;/q;;;;+2/p-2. The molecule has 228 valence electrons. The molecule has 3 heteroatoms. The van der Waals surface area contributed by atoms with Gasteiger partial charge in [0, 0.05) is 0 Å². The van der Waals surface area contributed by atoms with Gasteiger partial charge in [0.2, 0.25) is 0 Å². The van der Waals surface area contributed by atoms with E-state index in [1.807, 2.05) is 0 Å². The van der Waals surface area contributed by atoms with E-state index in [1.54, 1.807) is 6.56 Å². The first kappa shape index (κ1) is 33.2. The number of rotatable bonds is 6. The summed E-state index contributed by atoms with van der Waals surface area (Å²) in [6, 6.07) is 49.7. The molecule has 0 heterocycles. The number of hydrogen-bond donors (Lipinski definition) is 0. The summed E-state index contributed by atoms with van der Waals surface area (Å²) >= 11 is -1.35. The summed E-state index contributed by atoms with van der Waals surface area (Å²) in [4.78, 5) is 0. The Hall–Kier alpha value is -3.74. The van der Waals surface area contributed by atoms with E-state index in [2.05, 4.69) is 159 Å². The first-order valence-corrected chi connectivity index (χ1v) is 18.6. The Bertz CT molecular complexity index is 2190. The molecule has 0 aliphatic heterocycles. The quantitative estimate of drug-likeness (QED) is 0.248. The number of benzene rings is 6. The van der Waals surface area contributed by atoms with Crippen LogP contribution in [0.4, 0.5) is 0 Å². The third-order valence-corrected chi connectivity index (χ3v) is 13.0. The molecule has 6 aromatic rings. The summed E-state index contributed by atoms with van der Waals surface area (Å²) in [5, 5.41) is 5.76. The van der Waals surface area contributed by atoms with Crippen LogP contribution in [0.3, 0.4) is 0 Å². The van der Waals surface area contributed by atoms with Crippen LogP contribution in [0.2, 0.25) is 0 Å². The van der Waals surface area contributed by atoms with Gasteiger partial charge in [-0.05, 0) is 0 Å². The van der Waals surface area contributed by atoms with Crippen LogP contribution in [0.25, 0.3) is 63.2 Å². The van der Waals surface area contributed by atoms with E-state index in [4.69, 9.17) is 0 Å². The average molecular weight is 725 g/mol. The van der Waals surface area contributed by atoms with Gasteiger partial charge in [0.15, 0.2) is 0 Å². The second-order valence-electron chi connectivity index (χ2n) is 11.8. The van der Waals surface area contributed by atoms with Gasteiger partial charge in [0.25, 0.3) is 0 Å². The molecule has 0 amide bonds. The maximum Gasteiger partial charge on any atom is -1.00 e. The second-order valence-corrected chi connectivity index (χ2v) is 14.9. The minimum Gasteiger partial charge on any atom is -1.00 e. The molecule has 0 nitrogen and oxygen atoms in total. The maximum atomic E-state index is 2.47. The normalized spacial score (nSPS) is 12.8. The first-order chi connectivity index (χ1) is 22.3. The summed E-state index contributed by atoms with van der Waals surface area (Å²) in [5.74, 6) is 0. The van der Waals surface area contributed by atoms with E-state index in [1.165, 1.54) is 76.5 Å². The molecule has 0 aromatic heterocycles. The van der Waals surface area contributed by atoms with Crippen molar-refractivity contribution in [2.24, 2.45) is 0 Å². The van der Waals surface area contributed by atoms with Crippen LogP contribution >= 0.6 is 0 Å². The van der Waals surface area contributed by atoms with E-state index in [-0.39, 0.29) is 24.8 Å². The number of fused-ring (bicyclic) bond motifs is 6. The van der Waals surface area contributed by atoms with Crippen molar-refractivity contribution in [3.63, 3.8) is 0 Å². The summed E-state index contributed by atoms with van der Waals surface area (Å²) in [6.45, 7) is 4.54. The number of hydrogen-bond acceptors (Lipinski definition) is 0. The molecule has 2 aliphatic rings. The van der Waals surface area contributed by atoms with Gasteiger partial charge in [-0.15, -0.1) is 0 Å². The Morgan fingerprint density at radius 3 is 1.11 bits per heavy atom. The Morgan fingerprint density at radius 1 is 0.383 bits per heavy atom. The number of halogens is 2. The molecule has 0 bridgehead atoms. The zero-order valence-electron chi connectivity index (χ0n) is 26.5. The molecule has 0 unspecified atom stereocenters. The van der Waals surface area contributed by atoms with Gasteiger partial charge in [-0.25, -0.2) is 0 Å². The second kappa shape index (κ2) is 14.2. The minimum absolute atomic E-state index is 0. The molecular weight excluding hydrogens is 691 g/mol. The Kier molecular flexibility index (Phi) is 10.0. The fourth-order valence-electron chi connectivity index (χ4n) is 7.32. The van der Waals surface area contributed by atoms with Crippen molar-refractivity contribution < 1.29 is 48.0 Å². The van der Waals surface area contributed by atoms with Crippen molar-refractivity contribution in [3.05, 3.63) is 165 Å². The van der Waals surface area contributed by atoms with Crippen molar-refractivity contribution in [1.29, 1.82) is 0 Å². The summed E-state index contributed by atoms with van der Waals surface area (Å²) in [5.41, 5.74) is 13.7. The summed E-state index contributed by atoms with van der Waals surface area (Å²) in [7, 11) is 0. The smallest absolute Gasteiger partial charge is 1.00 e. The van der Waals surface area contributed by atoms with Crippen LogP contribution in [0.1, 0.15) is 37.8 Å². The van der Waals surface area contributed by atoms with Crippen LogP contribution < -0.4 is 45.7 Å². The zero-order chi connectivity index (χ0) is 30.3. The third kappa shape index (κ3) is 5.64. The minimum atomic E-state index is -1.35. The van der Waals surface area contributed by atoms with Gasteiger partial charge in [-0.3, -0.25) is 0 Å². The molecule has 8 rings (SSSR count). The Balaban J connectivity index is 0.00000193. The molecule has 47 heavy (non-hydrogen) atoms. The summed E-state index contributed by atoms with van der Waals surface area (Å²) < 4.78 is 3.21. The predicted molar refractivity (Wildman–Crippen MR) is 188 cm³/mol. The van der Waals surface area contributed by atoms with E-state index >= 15 is 0 Å². The molecule has 0 fully saturated rings. The van der Waals surface area contributed by atoms with Gasteiger partial charge in [0.05, 0.1) is 0 Å². The first-order valence-electron chi connectivity index (χ1n) is 16.1. The molecule has 2 aliphatic carbocycles. The van der Waals surface area contributed by atoms with Crippen molar-refractivity contribution in [3.8, 4) is 44.5 Å². The molecule has 0 spiro atoms.